The number of carbonyl (C=O) groups is 2. The Bertz CT molecular complexity index is 2230. The lowest BCUT2D eigenvalue weighted by molar-refractivity contribution is -0.141. The first-order valence-electron chi connectivity index (χ1n) is 16.3. The number of fused-ring (bicyclic) bond motifs is 8. The number of hydrogen-bond acceptors (Lipinski definition) is 7. The van der Waals surface area contributed by atoms with Crippen LogP contribution in [0.15, 0.2) is 60.8 Å². The molecule has 0 fully saturated rings. The number of aromatic nitrogens is 4. The van der Waals surface area contributed by atoms with Crippen molar-refractivity contribution >= 4 is 32.5 Å². The van der Waals surface area contributed by atoms with Gasteiger partial charge in [0.05, 0.1) is 23.0 Å². The van der Waals surface area contributed by atoms with Crippen molar-refractivity contribution in [3.05, 3.63) is 94.9 Å². The number of carboxylic acids is 1. The average Bonchev–Trinajstić information content (AvgIpc) is 3.67. The molecule has 2 unspecified atom stereocenters. The summed E-state index contributed by atoms with van der Waals surface area (Å²) in [5.74, 6) is -4.15. The molecule has 0 radical (unpaired) electrons. The van der Waals surface area contributed by atoms with E-state index in [-0.39, 0.29) is 60.1 Å². The number of H-pyrrole nitrogens is 1. The van der Waals surface area contributed by atoms with Gasteiger partial charge in [0.2, 0.25) is 0 Å². The Labute approximate surface area is 288 Å². The van der Waals surface area contributed by atoms with E-state index in [2.05, 4.69) is 10.1 Å². The van der Waals surface area contributed by atoms with Crippen molar-refractivity contribution in [2.24, 2.45) is 18.4 Å². The molecule has 5 aromatic rings. The normalized spacial score (nSPS) is 18.4. The third-order valence-electron chi connectivity index (χ3n) is 9.33. The molecule has 0 amide bonds. The summed E-state index contributed by atoms with van der Waals surface area (Å²) in [7, 11) is -2.22. The number of carbonyl (C=O) groups excluding carboxylic acids is 1. The van der Waals surface area contributed by atoms with Gasteiger partial charge in [0.25, 0.3) is 0 Å². The number of aromatic amines is 1. The molecule has 0 spiro atoms. The highest BCUT2D eigenvalue weighted by molar-refractivity contribution is 7.91. The third-order valence-corrected chi connectivity index (χ3v) is 11.3. The summed E-state index contributed by atoms with van der Waals surface area (Å²) in [6, 6.07) is 14.2. The van der Waals surface area contributed by atoms with Gasteiger partial charge in [-0.2, -0.15) is 5.10 Å². The zero-order valence-corrected chi connectivity index (χ0v) is 29.0. The number of rotatable bonds is 4. The van der Waals surface area contributed by atoms with Crippen LogP contribution in [0, 0.1) is 23.0 Å². The molecule has 2 atom stereocenters. The largest absolute Gasteiger partial charge is 0.481 e. The van der Waals surface area contributed by atoms with Gasteiger partial charge in [-0.05, 0) is 54.7 Å². The zero-order chi connectivity index (χ0) is 36.0. The first-order valence-corrected chi connectivity index (χ1v) is 18.2. The van der Waals surface area contributed by atoms with E-state index in [0.29, 0.717) is 22.3 Å². The fourth-order valence-corrected chi connectivity index (χ4v) is 8.54. The molecule has 4 bridgehead atoms. The van der Waals surface area contributed by atoms with Gasteiger partial charge in [-0.25, -0.2) is 26.9 Å². The van der Waals surface area contributed by atoms with Gasteiger partial charge in [-0.15, -0.1) is 0 Å². The third kappa shape index (κ3) is 7.18. The van der Waals surface area contributed by atoms with Crippen LogP contribution in [0.2, 0.25) is 0 Å². The van der Waals surface area contributed by atoms with Crippen LogP contribution in [-0.2, 0) is 39.3 Å². The molecule has 1 aliphatic heterocycles. The number of benzene rings is 3. The Balaban J connectivity index is 1.49. The maximum Gasteiger partial charge on any atom is 0.306 e. The maximum atomic E-state index is 15.6. The number of ketones is 1. The number of nitrogens with one attached hydrogen (secondary N) is 1. The van der Waals surface area contributed by atoms with E-state index in [1.165, 1.54) is 28.9 Å². The molecule has 6 rings (SSSR count). The summed E-state index contributed by atoms with van der Waals surface area (Å²) >= 11 is 0. The molecule has 0 saturated carbocycles. The van der Waals surface area contributed by atoms with Gasteiger partial charge in [-0.3, -0.25) is 9.59 Å². The SMILES string of the molecule is CC(Cc1cccc(C2CCC(=O)C(C)(C)CS(=O)(=O)CCc3c(c(F)cc4[nH]ccc34)Oc3ccc(F)c(c3)-c3nc2nn3C)c1)C(=O)O. The van der Waals surface area contributed by atoms with Gasteiger partial charge in [-0.1, -0.05) is 45.0 Å². The number of aliphatic carboxylic acids is 1. The van der Waals surface area contributed by atoms with E-state index in [0.717, 1.165) is 11.1 Å². The minimum atomic E-state index is -3.83. The van der Waals surface area contributed by atoms with E-state index in [1.807, 2.05) is 18.2 Å². The summed E-state index contributed by atoms with van der Waals surface area (Å²) in [4.78, 5) is 33.0. The molecule has 50 heavy (non-hydrogen) atoms. The van der Waals surface area contributed by atoms with E-state index in [4.69, 9.17) is 9.72 Å². The average molecular weight is 705 g/mol. The Morgan fingerprint density at radius 3 is 2.66 bits per heavy atom. The minimum absolute atomic E-state index is 0.00770. The standard InChI is InChI=1S/C37H38F2N4O6S/c1-21(36(45)46)16-22-6-5-7-23(17-22)25-9-11-32(44)37(2,3)20-50(47,48)15-13-27-26-12-14-40-31(26)19-30(39)33(27)49-24-8-10-29(38)28(18-24)35-41-34(25)42-43(35)4/h5-8,10,12,14,17-19,21,25,40H,9,11,13,15-16,20H2,1-4H3,(H,45,46). The molecule has 10 nitrogen and oxygen atoms in total. The van der Waals surface area contributed by atoms with Gasteiger partial charge >= 0.3 is 5.97 Å². The van der Waals surface area contributed by atoms with Crippen molar-refractivity contribution in [3.63, 3.8) is 0 Å². The topological polar surface area (TPSA) is 144 Å². The predicted octanol–water partition coefficient (Wildman–Crippen LogP) is 6.78. The molecule has 262 valence electrons. The number of halogens is 2. The molecule has 3 heterocycles. The van der Waals surface area contributed by atoms with E-state index in [9.17, 15) is 23.1 Å². The number of nitrogens with zero attached hydrogens (tertiary/aromatic N) is 3. The van der Waals surface area contributed by atoms with E-state index in [1.54, 1.807) is 46.1 Å². The second-order valence-electron chi connectivity index (χ2n) is 13.7. The van der Waals surface area contributed by atoms with Crippen LogP contribution in [0.25, 0.3) is 22.3 Å². The van der Waals surface area contributed by atoms with Crippen molar-refractivity contribution in [3.8, 4) is 22.9 Å². The minimum Gasteiger partial charge on any atom is -0.481 e. The van der Waals surface area contributed by atoms with Crippen LogP contribution >= 0.6 is 0 Å². The van der Waals surface area contributed by atoms with Crippen LogP contribution in [0.3, 0.4) is 0 Å². The lowest BCUT2D eigenvalue weighted by Gasteiger charge is -2.24. The summed E-state index contributed by atoms with van der Waals surface area (Å²) in [6.45, 7) is 4.82. The number of aryl methyl sites for hydroxylation is 2. The van der Waals surface area contributed by atoms with Gasteiger partial charge in [0.1, 0.15) is 17.3 Å². The van der Waals surface area contributed by atoms with E-state index >= 15 is 8.78 Å². The predicted molar refractivity (Wildman–Crippen MR) is 184 cm³/mol. The number of Topliss-reactive ketones (excluding diaryl/α,β-unsaturated/α-hetero) is 1. The van der Waals surface area contributed by atoms with Crippen molar-refractivity contribution in [2.75, 3.05) is 11.5 Å². The fourth-order valence-electron chi connectivity index (χ4n) is 6.62. The summed E-state index contributed by atoms with van der Waals surface area (Å²) in [6.07, 6.45) is 2.01. The lowest BCUT2D eigenvalue weighted by Crippen LogP contribution is -2.34. The second kappa shape index (κ2) is 13.4. The number of hydrogen-bond donors (Lipinski definition) is 2. The van der Waals surface area contributed by atoms with E-state index < -0.39 is 50.4 Å². The zero-order valence-electron chi connectivity index (χ0n) is 28.2. The van der Waals surface area contributed by atoms with Crippen LogP contribution < -0.4 is 4.74 Å². The molecular weight excluding hydrogens is 666 g/mol. The summed E-state index contributed by atoms with van der Waals surface area (Å²) < 4.78 is 65.7. The second-order valence-corrected chi connectivity index (χ2v) is 15.9. The van der Waals surface area contributed by atoms with Crippen LogP contribution in [0.1, 0.15) is 62.0 Å². The number of sulfone groups is 1. The van der Waals surface area contributed by atoms with Gasteiger partial charge in [0.15, 0.2) is 33.1 Å². The molecule has 3 aromatic carbocycles. The summed E-state index contributed by atoms with van der Waals surface area (Å²) in [5.41, 5.74) is 1.07. The van der Waals surface area contributed by atoms with Crippen molar-refractivity contribution in [1.82, 2.24) is 19.7 Å². The van der Waals surface area contributed by atoms with Gasteiger partial charge in [0, 0.05) is 53.5 Å². The molecule has 0 saturated heterocycles. The number of carboxylic acid groups (broad SMARTS) is 1. The smallest absolute Gasteiger partial charge is 0.306 e. The maximum absolute atomic E-state index is 15.6. The van der Waals surface area contributed by atoms with Crippen LogP contribution in [0.5, 0.6) is 11.5 Å². The van der Waals surface area contributed by atoms with Crippen LogP contribution in [-0.4, -0.2) is 56.5 Å². The molecule has 2 N–H and O–H groups in total. The highest BCUT2D eigenvalue weighted by Crippen LogP contribution is 2.38. The Hall–Kier alpha value is -4.91. The lowest BCUT2D eigenvalue weighted by atomic mass is 9.84. The molecule has 1 aliphatic rings. The molecule has 0 aliphatic carbocycles. The fraction of sp³-hybridized carbons (Fsp3) is 0.351. The molecular formula is C37H38F2N4O6S. The van der Waals surface area contributed by atoms with Crippen molar-refractivity contribution in [2.45, 2.75) is 52.4 Å². The Morgan fingerprint density at radius 2 is 1.90 bits per heavy atom. The highest BCUT2D eigenvalue weighted by Gasteiger charge is 2.35. The van der Waals surface area contributed by atoms with Crippen LogP contribution in [0.4, 0.5) is 8.78 Å². The Kier molecular flexibility index (Phi) is 9.38. The first kappa shape index (κ1) is 34.9. The number of ether oxygens (including phenoxy) is 1. The monoisotopic (exact) mass is 704 g/mol. The quantitative estimate of drug-likeness (QED) is 0.209. The highest BCUT2D eigenvalue weighted by atomic mass is 32.2. The van der Waals surface area contributed by atoms with Crippen molar-refractivity contribution in [1.29, 1.82) is 0 Å². The first-order chi connectivity index (χ1) is 23.6. The Morgan fingerprint density at radius 1 is 1.12 bits per heavy atom. The molecule has 2 aromatic heterocycles. The molecule has 13 heteroatoms. The summed E-state index contributed by atoms with van der Waals surface area (Å²) in [5, 5.41) is 14.7. The van der Waals surface area contributed by atoms with Crippen molar-refractivity contribution < 1.29 is 36.6 Å². The van der Waals surface area contributed by atoms with Gasteiger partial charge < -0.3 is 14.8 Å².